The lowest BCUT2D eigenvalue weighted by molar-refractivity contribution is -0.139. The van der Waals surface area contributed by atoms with E-state index in [-0.39, 0.29) is 18.6 Å². The van der Waals surface area contributed by atoms with E-state index in [9.17, 15) is 9.59 Å². The van der Waals surface area contributed by atoms with Crippen molar-refractivity contribution in [2.45, 2.75) is 51.0 Å². The maximum absolute atomic E-state index is 12.9. The van der Waals surface area contributed by atoms with Gasteiger partial charge in [-0.3, -0.25) is 9.48 Å². The van der Waals surface area contributed by atoms with Gasteiger partial charge in [0.25, 0.3) is 5.91 Å². The zero-order chi connectivity index (χ0) is 20.1. The number of aryl methyl sites for hydroxylation is 1. The molecule has 150 valence electrons. The lowest BCUT2D eigenvalue weighted by Crippen LogP contribution is -2.27. The van der Waals surface area contributed by atoms with Crippen LogP contribution in [0.25, 0.3) is 0 Å². The predicted octanol–water partition coefficient (Wildman–Crippen LogP) is 3.42. The first-order chi connectivity index (χ1) is 13.4. The third kappa shape index (κ3) is 4.91. The van der Waals surface area contributed by atoms with Crippen LogP contribution in [-0.2, 0) is 11.8 Å². The first-order valence-corrected chi connectivity index (χ1v) is 9.73. The van der Waals surface area contributed by atoms with E-state index in [1.807, 2.05) is 26.1 Å². The summed E-state index contributed by atoms with van der Waals surface area (Å²) in [6.07, 6.45) is 7.61. The van der Waals surface area contributed by atoms with Crippen molar-refractivity contribution in [3.63, 3.8) is 0 Å². The van der Waals surface area contributed by atoms with Gasteiger partial charge in [-0.15, -0.1) is 0 Å². The van der Waals surface area contributed by atoms with Crippen molar-refractivity contribution in [3.05, 3.63) is 47.3 Å². The molecule has 2 N–H and O–H groups in total. The summed E-state index contributed by atoms with van der Waals surface area (Å²) in [4.78, 5) is 23.5. The fourth-order valence-electron chi connectivity index (χ4n) is 3.71. The molecule has 1 aliphatic carbocycles. The van der Waals surface area contributed by atoms with Gasteiger partial charge in [-0.05, 0) is 37.5 Å². The predicted molar refractivity (Wildman–Crippen MR) is 104 cm³/mol. The first-order valence-electron chi connectivity index (χ1n) is 9.73. The summed E-state index contributed by atoms with van der Waals surface area (Å²) in [5.74, 6) is -0.296. The van der Waals surface area contributed by atoms with Crippen molar-refractivity contribution >= 4 is 11.9 Å². The number of benzene rings is 1. The minimum Gasteiger partial charge on any atom is -0.482 e. The smallest absolute Gasteiger partial charge is 0.341 e. The molecule has 28 heavy (non-hydrogen) atoms. The Morgan fingerprint density at radius 1 is 1.25 bits per heavy atom. The normalized spacial score (nSPS) is 15.8. The zero-order valence-electron chi connectivity index (χ0n) is 16.4. The number of nitrogens with zero attached hydrogens (tertiary/aromatic N) is 2. The van der Waals surface area contributed by atoms with Crippen molar-refractivity contribution in [1.29, 1.82) is 0 Å². The Morgan fingerprint density at radius 3 is 2.57 bits per heavy atom. The second-order valence-corrected chi connectivity index (χ2v) is 7.38. The second kappa shape index (κ2) is 8.91. The van der Waals surface area contributed by atoms with E-state index in [4.69, 9.17) is 9.84 Å². The van der Waals surface area contributed by atoms with Gasteiger partial charge < -0.3 is 15.2 Å². The molecule has 1 atom stereocenters. The van der Waals surface area contributed by atoms with Crippen molar-refractivity contribution in [2.24, 2.45) is 7.05 Å². The van der Waals surface area contributed by atoms with Crippen LogP contribution in [-0.4, -0.2) is 33.4 Å². The number of carboxylic acids is 1. The molecule has 0 spiro atoms. The van der Waals surface area contributed by atoms with Gasteiger partial charge in [-0.2, -0.15) is 5.10 Å². The SMILES string of the molecule is CC(NC(=O)c1cn(C)nc1C1CCCCC1)c1ccc(OCC(=O)O)cc1. The number of carbonyl (C=O) groups is 2. The molecule has 1 aromatic heterocycles. The molecule has 7 heteroatoms. The van der Waals surface area contributed by atoms with Gasteiger partial charge in [0.15, 0.2) is 6.61 Å². The van der Waals surface area contributed by atoms with E-state index in [1.54, 1.807) is 23.0 Å². The van der Waals surface area contributed by atoms with Gasteiger partial charge in [0.05, 0.1) is 17.3 Å². The lowest BCUT2D eigenvalue weighted by Gasteiger charge is -2.21. The van der Waals surface area contributed by atoms with Crippen LogP contribution >= 0.6 is 0 Å². The number of hydrogen-bond acceptors (Lipinski definition) is 4. The molecule has 1 heterocycles. The number of aliphatic carboxylic acids is 1. The van der Waals surface area contributed by atoms with Crippen molar-refractivity contribution in [2.75, 3.05) is 6.61 Å². The van der Waals surface area contributed by atoms with Gasteiger partial charge in [0, 0.05) is 19.2 Å². The van der Waals surface area contributed by atoms with Crippen LogP contribution in [0.4, 0.5) is 0 Å². The Labute approximate surface area is 164 Å². The van der Waals surface area contributed by atoms with Gasteiger partial charge >= 0.3 is 5.97 Å². The van der Waals surface area contributed by atoms with E-state index in [0.717, 1.165) is 24.1 Å². The molecule has 0 radical (unpaired) electrons. The van der Waals surface area contributed by atoms with Crippen LogP contribution in [0.2, 0.25) is 0 Å². The highest BCUT2D eigenvalue weighted by Gasteiger charge is 2.25. The summed E-state index contributed by atoms with van der Waals surface area (Å²) >= 11 is 0. The van der Waals surface area contributed by atoms with Crippen molar-refractivity contribution in [3.8, 4) is 5.75 Å². The molecule has 1 fully saturated rings. The third-order valence-corrected chi connectivity index (χ3v) is 5.18. The Hall–Kier alpha value is -2.83. The van der Waals surface area contributed by atoms with E-state index in [1.165, 1.54) is 19.3 Å². The van der Waals surface area contributed by atoms with E-state index >= 15 is 0 Å². The Kier molecular flexibility index (Phi) is 6.34. The van der Waals surface area contributed by atoms with E-state index in [2.05, 4.69) is 10.4 Å². The molecule has 1 amide bonds. The van der Waals surface area contributed by atoms with Crippen LogP contribution in [0.1, 0.15) is 72.6 Å². The van der Waals surface area contributed by atoms with Crippen molar-refractivity contribution in [1.82, 2.24) is 15.1 Å². The van der Waals surface area contributed by atoms with Crippen molar-refractivity contribution < 1.29 is 19.4 Å². The largest absolute Gasteiger partial charge is 0.482 e. The van der Waals surface area contributed by atoms with Crippen LogP contribution in [0.5, 0.6) is 5.75 Å². The minimum absolute atomic E-state index is 0.118. The summed E-state index contributed by atoms with van der Waals surface area (Å²) in [5, 5.41) is 16.3. The Bertz CT molecular complexity index is 823. The summed E-state index contributed by atoms with van der Waals surface area (Å²) in [6, 6.07) is 6.87. The molecule has 1 aliphatic rings. The monoisotopic (exact) mass is 385 g/mol. The fraction of sp³-hybridized carbons (Fsp3) is 0.476. The molecule has 7 nitrogen and oxygen atoms in total. The third-order valence-electron chi connectivity index (χ3n) is 5.18. The molecule has 1 aromatic carbocycles. The maximum atomic E-state index is 12.9. The average molecular weight is 385 g/mol. The number of nitrogens with one attached hydrogen (secondary N) is 1. The number of carbonyl (C=O) groups excluding carboxylic acids is 1. The Balaban J connectivity index is 1.66. The molecule has 1 saturated carbocycles. The van der Waals surface area contributed by atoms with Crippen LogP contribution < -0.4 is 10.1 Å². The Morgan fingerprint density at radius 2 is 1.93 bits per heavy atom. The van der Waals surface area contributed by atoms with Gasteiger partial charge in [-0.25, -0.2) is 4.79 Å². The number of hydrogen-bond donors (Lipinski definition) is 2. The maximum Gasteiger partial charge on any atom is 0.341 e. The highest BCUT2D eigenvalue weighted by Crippen LogP contribution is 2.33. The van der Waals surface area contributed by atoms with E-state index < -0.39 is 5.97 Å². The zero-order valence-corrected chi connectivity index (χ0v) is 16.4. The standard InChI is InChI=1S/C21H27N3O4/c1-14(15-8-10-17(11-9-15)28-13-19(25)26)22-21(27)18-12-24(2)23-20(18)16-6-4-3-5-7-16/h8-12,14,16H,3-7,13H2,1-2H3,(H,22,27)(H,25,26). The summed E-state index contributed by atoms with van der Waals surface area (Å²) in [5.41, 5.74) is 2.48. The minimum atomic E-state index is -1.02. The molecule has 0 bridgehead atoms. The first kappa shape index (κ1) is 19.9. The fourth-order valence-corrected chi connectivity index (χ4v) is 3.71. The quantitative estimate of drug-likeness (QED) is 0.762. The molecular weight excluding hydrogens is 358 g/mol. The molecule has 0 saturated heterocycles. The van der Waals surface area contributed by atoms with Crippen LogP contribution in [0, 0.1) is 0 Å². The number of aromatic nitrogens is 2. The summed E-state index contributed by atoms with van der Waals surface area (Å²) in [6.45, 7) is 1.54. The van der Waals surface area contributed by atoms with Crippen LogP contribution in [0.3, 0.4) is 0 Å². The van der Waals surface area contributed by atoms with Crippen LogP contribution in [0.15, 0.2) is 30.5 Å². The van der Waals surface area contributed by atoms with Gasteiger partial charge in [0.1, 0.15) is 5.75 Å². The highest BCUT2D eigenvalue weighted by atomic mass is 16.5. The number of rotatable bonds is 7. The molecule has 1 unspecified atom stereocenters. The molecule has 0 aliphatic heterocycles. The summed E-state index contributed by atoms with van der Waals surface area (Å²) in [7, 11) is 1.85. The summed E-state index contributed by atoms with van der Waals surface area (Å²) < 4.78 is 6.86. The highest BCUT2D eigenvalue weighted by molar-refractivity contribution is 5.95. The molecule has 3 rings (SSSR count). The average Bonchev–Trinajstić information content (AvgIpc) is 3.09. The van der Waals surface area contributed by atoms with Gasteiger partial charge in [-0.1, -0.05) is 31.4 Å². The number of amides is 1. The van der Waals surface area contributed by atoms with Gasteiger partial charge in [0.2, 0.25) is 0 Å². The van der Waals surface area contributed by atoms with E-state index in [0.29, 0.717) is 17.2 Å². The number of ether oxygens (including phenoxy) is 1. The molecular formula is C21H27N3O4. The number of carboxylic acid groups (broad SMARTS) is 1. The lowest BCUT2D eigenvalue weighted by atomic mass is 9.85. The molecule has 2 aromatic rings. The second-order valence-electron chi connectivity index (χ2n) is 7.38. The topological polar surface area (TPSA) is 93.5 Å².